The van der Waals surface area contributed by atoms with Crippen molar-refractivity contribution in [1.82, 2.24) is 15.0 Å². The van der Waals surface area contributed by atoms with Gasteiger partial charge in [-0.1, -0.05) is 23.7 Å². The minimum Gasteiger partial charge on any atom is -0.480 e. The summed E-state index contributed by atoms with van der Waals surface area (Å²) in [6.45, 7) is 1.99. The molecule has 0 unspecified atom stereocenters. The summed E-state index contributed by atoms with van der Waals surface area (Å²) in [6.07, 6.45) is 5.83. The normalized spacial score (nSPS) is 17.8. The Balaban J connectivity index is 1.41. The maximum atomic E-state index is 12.8. The monoisotopic (exact) mass is 552 g/mol. The third-order valence-electron chi connectivity index (χ3n) is 6.74. The van der Waals surface area contributed by atoms with Crippen molar-refractivity contribution in [3.05, 3.63) is 65.3 Å². The number of nitrogens with two attached hydrogens (primary N) is 1. The molecule has 0 atom stereocenters. The van der Waals surface area contributed by atoms with Crippen LogP contribution in [-0.4, -0.2) is 42.6 Å². The zero-order valence-corrected chi connectivity index (χ0v) is 22.7. The Bertz CT molecular complexity index is 1590. The highest BCUT2D eigenvalue weighted by Crippen LogP contribution is 2.35. The van der Waals surface area contributed by atoms with Crippen LogP contribution in [0.15, 0.2) is 59.6 Å². The average molecular weight is 553 g/mol. The van der Waals surface area contributed by atoms with Gasteiger partial charge in [-0.3, -0.25) is 4.72 Å². The second-order valence-corrected chi connectivity index (χ2v) is 11.5. The molecule has 0 amide bonds. The van der Waals surface area contributed by atoms with Gasteiger partial charge in [0.25, 0.3) is 10.0 Å². The topological polar surface area (TPSA) is 132 Å². The van der Waals surface area contributed by atoms with Crippen LogP contribution in [0.1, 0.15) is 31.2 Å². The molecule has 198 valence electrons. The lowest BCUT2D eigenvalue weighted by Gasteiger charge is -2.26. The number of aromatic nitrogens is 3. The van der Waals surface area contributed by atoms with E-state index in [-0.39, 0.29) is 27.7 Å². The van der Waals surface area contributed by atoms with E-state index in [2.05, 4.69) is 20.0 Å². The minimum absolute atomic E-state index is 0.0298. The first kappa shape index (κ1) is 26.1. The molecule has 9 nitrogen and oxygen atoms in total. The number of pyridine rings is 1. The van der Waals surface area contributed by atoms with E-state index in [9.17, 15) is 8.42 Å². The van der Waals surface area contributed by atoms with Crippen LogP contribution in [-0.2, 0) is 10.0 Å². The predicted molar refractivity (Wildman–Crippen MR) is 150 cm³/mol. The van der Waals surface area contributed by atoms with E-state index >= 15 is 0 Å². The van der Waals surface area contributed by atoms with Crippen molar-refractivity contribution in [3.63, 3.8) is 0 Å². The van der Waals surface area contributed by atoms with Gasteiger partial charge in [-0.15, -0.1) is 0 Å². The SMILES string of the molecule is COc1nc(NS(=O)(=O)c2ccccc2Cl)ccc1-c1cc2cnc(N[C@H]3CC[C@H](N)CC3)nc2cc1C. The number of nitrogens with zero attached hydrogens (tertiary/aromatic N) is 3. The smallest absolute Gasteiger partial charge is 0.264 e. The maximum Gasteiger partial charge on any atom is 0.264 e. The Labute approximate surface area is 226 Å². The highest BCUT2D eigenvalue weighted by atomic mass is 35.5. The summed E-state index contributed by atoms with van der Waals surface area (Å²) in [4.78, 5) is 13.6. The van der Waals surface area contributed by atoms with Gasteiger partial charge in [-0.05, 0) is 80.1 Å². The Morgan fingerprint density at radius 2 is 1.79 bits per heavy atom. The number of hydrogen-bond donors (Lipinski definition) is 3. The Morgan fingerprint density at radius 1 is 1.03 bits per heavy atom. The second-order valence-electron chi connectivity index (χ2n) is 9.46. The average Bonchev–Trinajstić information content (AvgIpc) is 2.89. The van der Waals surface area contributed by atoms with E-state index < -0.39 is 10.0 Å². The van der Waals surface area contributed by atoms with Gasteiger partial charge in [0.1, 0.15) is 10.7 Å². The lowest BCUT2D eigenvalue weighted by molar-refractivity contribution is 0.400. The molecule has 0 saturated heterocycles. The zero-order valence-electron chi connectivity index (χ0n) is 21.1. The van der Waals surface area contributed by atoms with Crippen molar-refractivity contribution < 1.29 is 13.2 Å². The third-order valence-corrected chi connectivity index (χ3v) is 8.59. The summed E-state index contributed by atoms with van der Waals surface area (Å²) in [5, 5.41) is 4.44. The maximum absolute atomic E-state index is 12.8. The lowest BCUT2D eigenvalue weighted by Crippen LogP contribution is -2.33. The van der Waals surface area contributed by atoms with Crippen LogP contribution >= 0.6 is 11.6 Å². The lowest BCUT2D eigenvalue weighted by atomic mass is 9.92. The van der Waals surface area contributed by atoms with E-state index in [1.54, 1.807) is 30.5 Å². The molecule has 2 aromatic carbocycles. The van der Waals surface area contributed by atoms with Crippen molar-refractivity contribution >= 4 is 44.3 Å². The predicted octanol–water partition coefficient (Wildman–Crippen LogP) is 5.14. The number of halogens is 1. The Morgan fingerprint density at radius 3 is 2.53 bits per heavy atom. The first-order valence-electron chi connectivity index (χ1n) is 12.4. The van der Waals surface area contributed by atoms with Crippen molar-refractivity contribution in [2.24, 2.45) is 5.73 Å². The van der Waals surface area contributed by atoms with Crippen LogP contribution in [0.4, 0.5) is 11.8 Å². The molecular formula is C27H29ClN6O3S. The molecule has 1 aliphatic rings. The fourth-order valence-corrected chi connectivity index (χ4v) is 6.22. The van der Waals surface area contributed by atoms with Crippen LogP contribution in [0.2, 0.25) is 5.02 Å². The number of methoxy groups -OCH3 is 1. The minimum atomic E-state index is -3.93. The molecule has 11 heteroatoms. The number of aryl methyl sites for hydroxylation is 1. The van der Waals surface area contributed by atoms with Gasteiger partial charge in [0, 0.05) is 29.2 Å². The Kier molecular flexibility index (Phi) is 7.38. The summed E-state index contributed by atoms with van der Waals surface area (Å²) >= 11 is 6.08. The molecule has 0 aliphatic heterocycles. The van der Waals surface area contributed by atoms with Crippen molar-refractivity contribution in [1.29, 1.82) is 0 Å². The standard InChI is InChI=1S/C27H29ClN6O3S/c1-16-13-23-17(15-30-27(32-23)31-19-9-7-18(29)8-10-19)14-21(16)20-11-12-25(33-26(20)37-2)34-38(35,36)24-6-4-3-5-22(24)28/h3-6,11-15,18-19H,7-10,29H2,1-2H3,(H,33,34)(H,30,31,32)/t18-,19-. The Hall–Kier alpha value is -3.47. The fraction of sp³-hybridized carbons (Fsp3) is 0.296. The van der Waals surface area contributed by atoms with Crippen molar-refractivity contribution in [2.45, 2.75) is 49.6 Å². The van der Waals surface area contributed by atoms with Crippen molar-refractivity contribution in [3.8, 4) is 17.0 Å². The zero-order chi connectivity index (χ0) is 26.9. The summed E-state index contributed by atoms with van der Waals surface area (Å²) < 4.78 is 33.7. The number of rotatable bonds is 7. The van der Waals surface area contributed by atoms with Crippen LogP contribution in [0.3, 0.4) is 0 Å². The summed E-state index contributed by atoms with van der Waals surface area (Å²) in [5.41, 5.74) is 9.41. The van der Waals surface area contributed by atoms with E-state index in [1.165, 1.54) is 19.2 Å². The molecule has 1 saturated carbocycles. The van der Waals surface area contributed by atoms with Crippen LogP contribution in [0.25, 0.3) is 22.0 Å². The number of nitrogens with one attached hydrogen (secondary N) is 2. The van der Waals surface area contributed by atoms with Gasteiger partial charge in [0.05, 0.1) is 17.6 Å². The van der Waals surface area contributed by atoms with Gasteiger partial charge in [-0.2, -0.15) is 4.98 Å². The number of ether oxygens (including phenoxy) is 1. The quantitative estimate of drug-likeness (QED) is 0.287. The largest absolute Gasteiger partial charge is 0.480 e. The molecule has 5 rings (SSSR count). The van der Waals surface area contributed by atoms with Gasteiger partial charge >= 0.3 is 0 Å². The summed E-state index contributed by atoms with van der Waals surface area (Å²) in [6, 6.07) is 14.2. The molecule has 1 aliphatic carbocycles. The van der Waals surface area contributed by atoms with Crippen molar-refractivity contribution in [2.75, 3.05) is 17.1 Å². The number of hydrogen-bond acceptors (Lipinski definition) is 8. The summed E-state index contributed by atoms with van der Waals surface area (Å²) in [5.74, 6) is 1.01. The second kappa shape index (κ2) is 10.7. The first-order chi connectivity index (χ1) is 18.2. The number of fused-ring (bicyclic) bond motifs is 1. The molecule has 0 bridgehead atoms. The molecule has 0 spiro atoms. The van der Waals surface area contributed by atoms with E-state index in [1.807, 2.05) is 19.1 Å². The van der Waals surface area contributed by atoms with Gasteiger partial charge in [0.15, 0.2) is 0 Å². The molecule has 1 fully saturated rings. The number of anilines is 2. The third kappa shape index (κ3) is 5.52. The van der Waals surface area contributed by atoms with E-state index in [4.69, 9.17) is 27.1 Å². The fourth-order valence-electron chi connectivity index (χ4n) is 4.70. The highest BCUT2D eigenvalue weighted by molar-refractivity contribution is 7.92. The van der Waals surface area contributed by atoms with Crippen LogP contribution in [0.5, 0.6) is 5.88 Å². The molecule has 4 aromatic rings. The summed E-state index contributed by atoms with van der Waals surface area (Å²) in [7, 11) is -2.44. The molecule has 0 radical (unpaired) electrons. The molecule has 4 N–H and O–H groups in total. The van der Waals surface area contributed by atoms with Crippen LogP contribution < -0.4 is 20.5 Å². The molecule has 38 heavy (non-hydrogen) atoms. The molecule has 2 heterocycles. The van der Waals surface area contributed by atoms with Gasteiger partial charge in [0.2, 0.25) is 11.8 Å². The van der Waals surface area contributed by atoms with E-state index in [0.717, 1.165) is 47.7 Å². The van der Waals surface area contributed by atoms with E-state index in [0.29, 0.717) is 17.6 Å². The molecular weight excluding hydrogens is 524 g/mol. The molecule has 2 aromatic heterocycles. The van der Waals surface area contributed by atoms with Gasteiger partial charge in [-0.25, -0.2) is 18.4 Å². The number of benzene rings is 2. The van der Waals surface area contributed by atoms with Crippen LogP contribution in [0, 0.1) is 6.92 Å². The van der Waals surface area contributed by atoms with Gasteiger partial charge < -0.3 is 15.8 Å². The highest BCUT2D eigenvalue weighted by Gasteiger charge is 2.21. The number of sulfonamides is 1. The first-order valence-corrected chi connectivity index (χ1v) is 14.2.